The summed E-state index contributed by atoms with van der Waals surface area (Å²) in [5, 5.41) is 5.16. The van der Waals surface area contributed by atoms with Crippen molar-refractivity contribution in [1.82, 2.24) is 4.31 Å². The van der Waals surface area contributed by atoms with Gasteiger partial charge in [0.1, 0.15) is 11.8 Å². The Morgan fingerprint density at radius 1 is 0.923 bits per heavy atom. The van der Waals surface area contributed by atoms with Crippen LogP contribution < -0.4 is 14.8 Å². The molecule has 0 aromatic heterocycles. The van der Waals surface area contributed by atoms with Crippen molar-refractivity contribution < 1.29 is 31.2 Å². The highest BCUT2D eigenvalue weighted by Crippen LogP contribution is 2.31. The minimum atomic E-state index is -4.20. The van der Waals surface area contributed by atoms with Crippen LogP contribution in [-0.2, 0) is 36.1 Å². The summed E-state index contributed by atoms with van der Waals surface area (Å²) in [6.07, 6.45) is -0.173. The topological polar surface area (TPSA) is 144 Å². The third kappa shape index (κ3) is 6.39. The van der Waals surface area contributed by atoms with Gasteiger partial charge in [-0.2, -0.15) is 4.31 Å². The second-order valence-corrected chi connectivity index (χ2v) is 13.1. The van der Waals surface area contributed by atoms with E-state index in [-0.39, 0.29) is 29.2 Å². The van der Waals surface area contributed by atoms with Crippen molar-refractivity contribution in [1.29, 1.82) is 0 Å². The molecular weight excluding hydrogens is 610 g/mol. The number of nitrogens with two attached hydrogens (primary N) is 1. The van der Waals surface area contributed by atoms with E-state index in [0.717, 1.165) is 9.21 Å². The van der Waals surface area contributed by atoms with Crippen LogP contribution in [0.3, 0.4) is 0 Å². The number of sulfonamides is 2. The van der Waals surface area contributed by atoms with Crippen LogP contribution in [0.1, 0.15) is 18.9 Å². The Morgan fingerprint density at radius 3 is 2.08 bits per heavy atom. The lowest BCUT2D eigenvalue weighted by Crippen LogP contribution is -2.46. The second kappa shape index (κ2) is 11.6. The molecule has 1 saturated heterocycles. The largest absolute Gasteiger partial charge is 0.494 e. The second-order valence-electron chi connectivity index (χ2n) is 8.72. The Labute approximate surface area is 235 Å². The Hall–Kier alpha value is -3.10. The van der Waals surface area contributed by atoms with E-state index in [1.165, 1.54) is 36.4 Å². The Morgan fingerprint density at radius 2 is 1.51 bits per heavy atom. The third-order valence-electron chi connectivity index (χ3n) is 6.17. The zero-order valence-corrected chi connectivity index (χ0v) is 24.1. The average Bonchev–Trinajstić information content (AvgIpc) is 3.18. The molecule has 4 rings (SSSR count). The van der Waals surface area contributed by atoms with Gasteiger partial charge in [-0.25, -0.2) is 26.9 Å². The van der Waals surface area contributed by atoms with Gasteiger partial charge >= 0.3 is 0 Å². The van der Waals surface area contributed by atoms with E-state index in [9.17, 15) is 26.4 Å². The molecule has 13 heteroatoms. The minimum Gasteiger partial charge on any atom is -0.494 e. The molecule has 1 atom stereocenters. The first kappa shape index (κ1) is 28.9. The predicted octanol–water partition coefficient (Wildman–Crippen LogP) is 3.06. The Kier molecular flexibility index (Phi) is 8.57. The minimum absolute atomic E-state index is 0.0324. The zero-order valence-electron chi connectivity index (χ0n) is 20.9. The number of hydrogen-bond donors (Lipinski definition) is 1. The summed E-state index contributed by atoms with van der Waals surface area (Å²) >= 11 is 3.29. The van der Waals surface area contributed by atoms with Gasteiger partial charge in [0.15, 0.2) is 0 Å². The Bertz CT molecular complexity index is 1580. The molecule has 0 bridgehead atoms. The van der Waals surface area contributed by atoms with Gasteiger partial charge in [-0.15, -0.1) is 0 Å². The molecule has 206 valence electrons. The number of ether oxygens (including phenoxy) is 1. The number of hydrogen-bond acceptors (Lipinski definition) is 7. The first-order chi connectivity index (χ1) is 18.4. The van der Waals surface area contributed by atoms with Crippen molar-refractivity contribution in [2.45, 2.75) is 35.6 Å². The number of nitrogens with zero attached hydrogens (tertiary/aromatic N) is 2. The van der Waals surface area contributed by atoms with Gasteiger partial charge in [0.2, 0.25) is 26.0 Å². The van der Waals surface area contributed by atoms with Gasteiger partial charge in [-0.1, -0.05) is 28.1 Å². The summed E-state index contributed by atoms with van der Waals surface area (Å²) in [7, 11) is -8.09. The number of carbonyl (C=O) groups is 2. The maximum atomic E-state index is 13.8. The number of amides is 2. The summed E-state index contributed by atoms with van der Waals surface area (Å²) in [6, 6.07) is 16.8. The smallest absolute Gasteiger partial charge is 0.252 e. The molecule has 39 heavy (non-hydrogen) atoms. The third-order valence-corrected chi connectivity index (χ3v) is 9.55. The highest BCUT2D eigenvalue weighted by molar-refractivity contribution is 9.10. The van der Waals surface area contributed by atoms with Crippen molar-refractivity contribution in [3.05, 3.63) is 82.8 Å². The number of benzene rings is 3. The fourth-order valence-corrected chi connectivity index (χ4v) is 6.60. The number of carbonyl (C=O) groups excluding carboxylic acids is 2. The number of halogens is 1. The van der Waals surface area contributed by atoms with Crippen LogP contribution in [-0.4, -0.2) is 52.1 Å². The van der Waals surface area contributed by atoms with Gasteiger partial charge < -0.3 is 4.74 Å². The molecule has 0 spiro atoms. The van der Waals surface area contributed by atoms with Crippen LogP contribution in [0.5, 0.6) is 5.75 Å². The molecule has 0 aliphatic carbocycles. The summed E-state index contributed by atoms with van der Waals surface area (Å²) in [4.78, 5) is 27.4. The molecule has 1 fully saturated rings. The van der Waals surface area contributed by atoms with Crippen LogP contribution in [0.4, 0.5) is 5.69 Å². The molecule has 2 N–H and O–H groups in total. The van der Waals surface area contributed by atoms with Gasteiger partial charge in [0, 0.05) is 11.0 Å². The van der Waals surface area contributed by atoms with E-state index in [1.54, 1.807) is 36.4 Å². The molecule has 1 aliphatic rings. The fraction of sp³-hybridized carbons (Fsp3) is 0.231. The average molecular weight is 637 g/mol. The van der Waals surface area contributed by atoms with E-state index in [1.807, 2.05) is 6.92 Å². The zero-order chi connectivity index (χ0) is 28.4. The van der Waals surface area contributed by atoms with E-state index < -0.39 is 37.9 Å². The molecule has 0 saturated carbocycles. The normalized spacial score (nSPS) is 16.2. The lowest BCUT2D eigenvalue weighted by Gasteiger charge is -2.27. The quantitative estimate of drug-likeness (QED) is 0.337. The van der Waals surface area contributed by atoms with E-state index >= 15 is 0 Å². The van der Waals surface area contributed by atoms with Crippen molar-refractivity contribution in [2.75, 3.05) is 18.1 Å². The summed E-state index contributed by atoms with van der Waals surface area (Å²) in [5.41, 5.74) is 0.939. The van der Waals surface area contributed by atoms with Gasteiger partial charge in [0.05, 0.1) is 28.5 Å². The molecule has 10 nitrogen and oxygen atoms in total. The monoisotopic (exact) mass is 635 g/mol. The molecule has 0 radical (unpaired) electrons. The Balaban J connectivity index is 1.65. The molecule has 1 heterocycles. The maximum absolute atomic E-state index is 13.8. The van der Waals surface area contributed by atoms with E-state index in [4.69, 9.17) is 9.88 Å². The molecule has 1 aliphatic heterocycles. The molecule has 1 unspecified atom stereocenters. The predicted molar refractivity (Wildman–Crippen MR) is 148 cm³/mol. The van der Waals surface area contributed by atoms with Crippen molar-refractivity contribution in [3.8, 4) is 5.75 Å². The fourth-order valence-electron chi connectivity index (χ4n) is 4.24. The maximum Gasteiger partial charge on any atom is 0.252 e. The lowest BCUT2D eigenvalue weighted by atomic mass is 10.1. The van der Waals surface area contributed by atoms with Crippen molar-refractivity contribution in [2.24, 2.45) is 5.14 Å². The standard InChI is InChI=1S/C26H26BrN3O7S2/c1-2-37-21-9-7-20(8-10-21)30-25(31)17-24(26(30)32)29(39(35,36)23-13-5-19(27)6-14-23)16-15-18-3-11-22(12-4-18)38(28,33)34/h3-14,24H,2,15-17H2,1H3,(H2,28,33,34). The van der Waals surface area contributed by atoms with Crippen LogP contribution in [0, 0.1) is 0 Å². The highest BCUT2D eigenvalue weighted by atomic mass is 79.9. The summed E-state index contributed by atoms with van der Waals surface area (Å²) in [5.74, 6) is -0.609. The molecule has 2 amide bonds. The first-order valence-electron chi connectivity index (χ1n) is 11.9. The van der Waals surface area contributed by atoms with Gasteiger partial charge in [0.25, 0.3) is 5.91 Å². The summed E-state index contributed by atoms with van der Waals surface area (Å²) < 4.78 is 57.8. The van der Waals surface area contributed by atoms with E-state index in [2.05, 4.69) is 15.9 Å². The van der Waals surface area contributed by atoms with Crippen LogP contribution in [0.2, 0.25) is 0 Å². The first-order valence-corrected chi connectivity index (χ1v) is 15.7. The molecule has 3 aromatic carbocycles. The van der Waals surface area contributed by atoms with Gasteiger partial charge in [-0.05, 0) is 79.6 Å². The number of imide groups is 1. The molecule has 3 aromatic rings. The van der Waals surface area contributed by atoms with Crippen LogP contribution >= 0.6 is 15.9 Å². The lowest BCUT2D eigenvalue weighted by molar-refractivity contribution is -0.122. The van der Waals surface area contributed by atoms with Crippen molar-refractivity contribution in [3.63, 3.8) is 0 Å². The van der Waals surface area contributed by atoms with E-state index in [0.29, 0.717) is 28.1 Å². The molecular formula is C26H26BrN3O7S2. The number of anilines is 1. The van der Waals surface area contributed by atoms with Crippen LogP contribution in [0.15, 0.2) is 87.1 Å². The SMILES string of the molecule is CCOc1ccc(N2C(=O)CC(N(CCc3ccc(S(N)(=O)=O)cc3)S(=O)(=O)c3ccc(Br)cc3)C2=O)cc1. The van der Waals surface area contributed by atoms with Crippen LogP contribution in [0.25, 0.3) is 0 Å². The highest BCUT2D eigenvalue weighted by Gasteiger charge is 2.46. The summed E-state index contributed by atoms with van der Waals surface area (Å²) in [6.45, 7) is 2.16. The van der Waals surface area contributed by atoms with Crippen molar-refractivity contribution >= 4 is 53.5 Å². The van der Waals surface area contributed by atoms with Gasteiger partial charge in [-0.3, -0.25) is 9.59 Å². The number of rotatable bonds is 10. The number of primary sulfonamides is 1.